The van der Waals surface area contributed by atoms with Crippen LogP contribution in [0.25, 0.3) is 0 Å². The normalized spacial score (nSPS) is 30.7. The molecule has 3 N–H and O–H groups in total. The van der Waals surface area contributed by atoms with Crippen molar-refractivity contribution in [3.63, 3.8) is 0 Å². The third kappa shape index (κ3) is 2.93. The second-order valence-corrected chi connectivity index (χ2v) is 4.64. The van der Waals surface area contributed by atoms with Crippen LogP contribution >= 0.6 is 0 Å². The van der Waals surface area contributed by atoms with Gasteiger partial charge in [-0.3, -0.25) is 4.90 Å². The van der Waals surface area contributed by atoms with Crippen molar-refractivity contribution >= 4 is 0 Å². The molecule has 78 valence electrons. The molecule has 1 fully saturated rings. The summed E-state index contributed by atoms with van der Waals surface area (Å²) in [6.07, 6.45) is 0. The van der Waals surface area contributed by atoms with Crippen molar-refractivity contribution in [2.45, 2.75) is 51.9 Å². The van der Waals surface area contributed by atoms with E-state index in [9.17, 15) is 0 Å². The van der Waals surface area contributed by atoms with E-state index in [1.807, 2.05) is 0 Å². The van der Waals surface area contributed by atoms with Crippen LogP contribution < -0.4 is 11.1 Å². The Hall–Kier alpha value is -0.120. The third-order valence-corrected chi connectivity index (χ3v) is 2.67. The van der Waals surface area contributed by atoms with Gasteiger partial charge in [0.15, 0.2) is 0 Å². The Balaban J connectivity index is 2.42. The monoisotopic (exact) mass is 185 g/mol. The molecule has 0 aromatic heterocycles. The highest BCUT2D eigenvalue weighted by atomic mass is 15.2. The van der Waals surface area contributed by atoms with Gasteiger partial charge in [-0.15, -0.1) is 0 Å². The molecule has 0 aromatic carbocycles. The van der Waals surface area contributed by atoms with Gasteiger partial charge >= 0.3 is 0 Å². The van der Waals surface area contributed by atoms with Gasteiger partial charge in [0.1, 0.15) is 0 Å². The molecule has 13 heavy (non-hydrogen) atoms. The Kier molecular flexibility index (Phi) is 3.71. The maximum atomic E-state index is 6.05. The highest BCUT2D eigenvalue weighted by molar-refractivity contribution is 4.93. The average Bonchev–Trinajstić information content (AvgIpc) is 2.31. The molecule has 0 aromatic rings. The van der Waals surface area contributed by atoms with E-state index in [0.717, 1.165) is 13.1 Å². The van der Waals surface area contributed by atoms with Gasteiger partial charge in [0.05, 0.1) is 0 Å². The van der Waals surface area contributed by atoms with E-state index in [2.05, 4.69) is 37.9 Å². The van der Waals surface area contributed by atoms with Crippen molar-refractivity contribution < 1.29 is 0 Å². The fraction of sp³-hybridized carbons (Fsp3) is 1.00. The molecule has 1 aliphatic rings. The predicted molar refractivity (Wildman–Crippen MR) is 56.7 cm³/mol. The summed E-state index contributed by atoms with van der Waals surface area (Å²) in [7, 11) is 0. The molecular weight excluding hydrogens is 162 g/mol. The fourth-order valence-electron chi connectivity index (χ4n) is 1.89. The van der Waals surface area contributed by atoms with Crippen molar-refractivity contribution in [3.05, 3.63) is 0 Å². The summed E-state index contributed by atoms with van der Waals surface area (Å²) in [5.74, 6) is 0. The van der Waals surface area contributed by atoms with E-state index in [4.69, 9.17) is 5.73 Å². The maximum absolute atomic E-state index is 6.05. The Bertz CT molecular complexity index is 156. The summed E-state index contributed by atoms with van der Waals surface area (Å²) >= 11 is 0. The van der Waals surface area contributed by atoms with Crippen LogP contribution in [0.4, 0.5) is 0 Å². The van der Waals surface area contributed by atoms with Crippen LogP contribution in [0, 0.1) is 0 Å². The van der Waals surface area contributed by atoms with Crippen LogP contribution in [0.2, 0.25) is 0 Å². The zero-order valence-electron chi connectivity index (χ0n) is 9.25. The Morgan fingerprint density at radius 3 is 2.23 bits per heavy atom. The van der Waals surface area contributed by atoms with Crippen molar-refractivity contribution in [3.8, 4) is 0 Å². The summed E-state index contributed by atoms with van der Waals surface area (Å²) in [4.78, 5) is 2.44. The van der Waals surface area contributed by atoms with Gasteiger partial charge in [0, 0.05) is 37.3 Å². The number of hydrogen-bond donors (Lipinski definition) is 2. The van der Waals surface area contributed by atoms with E-state index < -0.39 is 0 Å². The number of likely N-dealkylation sites (tertiary alicyclic amines) is 1. The Morgan fingerprint density at radius 2 is 1.85 bits per heavy atom. The highest BCUT2D eigenvalue weighted by Gasteiger charge is 2.31. The molecule has 1 heterocycles. The van der Waals surface area contributed by atoms with Crippen molar-refractivity contribution in [2.24, 2.45) is 5.73 Å². The summed E-state index contributed by atoms with van der Waals surface area (Å²) < 4.78 is 0. The third-order valence-electron chi connectivity index (χ3n) is 2.67. The maximum Gasteiger partial charge on any atom is 0.0361 e. The first-order valence-corrected chi connectivity index (χ1v) is 5.26. The topological polar surface area (TPSA) is 41.3 Å². The molecule has 1 aliphatic heterocycles. The summed E-state index contributed by atoms with van der Waals surface area (Å²) in [6, 6.07) is 1.92. The number of hydrogen-bond acceptors (Lipinski definition) is 3. The number of nitrogens with zero attached hydrogens (tertiary/aromatic N) is 1. The highest BCUT2D eigenvalue weighted by Crippen LogP contribution is 2.12. The first-order chi connectivity index (χ1) is 6.00. The number of rotatable bonds is 3. The largest absolute Gasteiger partial charge is 0.325 e. The van der Waals surface area contributed by atoms with Crippen LogP contribution in [0.15, 0.2) is 0 Å². The van der Waals surface area contributed by atoms with E-state index in [0.29, 0.717) is 24.2 Å². The molecule has 1 rings (SSSR count). The fourth-order valence-corrected chi connectivity index (χ4v) is 1.89. The molecule has 0 radical (unpaired) electrons. The lowest BCUT2D eigenvalue weighted by Crippen LogP contribution is -2.46. The van der Waals surface area contributed by atoms with Gasteiger partial charge in [-0.25, -0.2) is 0 Å². The molecule has 0 aliphatic carbocycles. The van der Waals surface area contributed by atoms with E-state index in [-0.39, 0.29) is 0 Å². The Labute approximate surface area is 81.7 Å². The second-order valence-electron chi connectivity index (χ2n) is 4.64. The van der Waals surface area contributed by atoms with Crippen LogP contribution in [-0.2, 0) is 0 Å². The van der Waals surface area contributed by atoms with Crippen LogP contribution in [0.5, 0.6) is 0 Å². The van der Waals surface area contributed by atoms with Gasteiger partial charge in [-0.2, -0.15) is 0 Å². The number of nitrogens with one attached hydrogen (secondary N) is 1. The molecular formula is C10H23N3. The molecule has 0 amide bonds. The first-order valence-electron chi connectivity index (χ1n) is 5.26. The molecule has 2 atom stereocenters. The van der Waals surface area contributed by atoms with Crippen LogP contribution in [0.1, 0.15) is 27.7 Å². The van der Waals surface area contributed by atoms with E-state index in [1.54, 1.807) is 0 Å². The first kappa shape index (κ1) is 11.0. The Morgan fingerprint density at radius 1 is 1.23 bits per heavy atom. The second kappa shape index (κ2) is 4.40. The quantitative estimate of drug-likeness (QED) is 0.669. The lowest BCUT2D eigenvalue weighted by molar-refractivity contribution is 0.265. The smallest absolute Gasteiger partial charge is 0.0361 e. The molecule has 1 saturated heterocycles. The average molecular weight is 185 g/mol. The van der Waals surface area contributed by atoms with E-state index >= 15 is 0 Å². The minimum absolute atomic E-state index is 0.296. The molecule has 3 heteroatoms. The zero-order chi connectivity index (χ0) is 10.0. The lowest BCUT2D eigenvalue weighted by Gasteiger charge is -2.21. The summed E-state index contributed by atoms with van der Waals surface area (Å²) in [5, 5.41) is 3.51. The molecule has 3 nitrogen and oxygen atoms in total. The number of nitrogens with two attached hydrogens (primary N) is 1. The van der Waals surface area contributed by atoms with Gasteiger partial charge in [-0.1, -0.05) is 13.8 Å². The van der Waals surface area contributed by atoms with Gasteiger partial charge in [0.25, 0.3) is 0 Å². The van der Waals surface area contributed by atoms with Gasteiger partial charge in [0.2, 0.25) is 0 Å². The minimum Gasteiger partial charge on any atom is -0.325 e. The van der Waals surface area contributed by atoms with Crippen molar-refractivity contribution in [1.82, 2.24) is 10.2 Å². The summed E-state index contributed by atoms with van der Waals surface area (Å²) in [5.41, 5.74) is 6.05. The summed E-state index contributed by atoms with van der Waals surface area (Å²) in [6.45, 7) is 10.9. The molecule has 0 saturated carbocycles. The van der Waals surface area contributed by atoms with Gasteiger partial charge in [-0.05, 0) is 13.8 Å². The van der Waals surface area contributed by atoms with Crippen molar-refractivity contribution in [2.75, 3.05) is 13.1 Å². The lowest BCUT2D eigenvalue weighted by atomic mass is 10.1. The standard InChI is InChI=1S/C10H23N3/c1-7(2)12-10-6-13(8(3)4)5-9(10)11/h7-10,12H,5-6,11H2,1-4H3/t9-,10+/m1/s1. The van der Waals surface area contributed by atoms with Crippen LogP contribution in [0.3, 0.4) is 0 Å². The van der Waals surface area contributed by atoms with Crippen molar-refractivity contribution in [1.29, 1.82) is 0 Å². The van der Waals surface area contributed by atoms with Gasteiger partial charge < -0.3 is 11.1 Å². The molecule has 0 spiro atoms. The van der Waals surface area contributed by atoms with E-state index in [1.165, 1.54) is 0 Å². The zero-order valence-corrected chi connectivity index (χ0v) is 9.25. The SMILES string of the molecule is CC(C)N[C@H]1CN(C(C)C)C[C@H]1N. The molecule has 0 bridgehead atoms. The minimum atomic E-state index is 0.296. The molecule has 0 unspecified atom stereocenters. The predicted octanol–water partition coefficient (Wildman–Crippen LogP) is 0.404. The van der Waals surface area contributed by atoms with Crippen LogP contribution in [-0.4, -0.2) is 42.2 Å².